The summed E-state index contributed by atoms with van der Waals surface area (Å²) in [4.78, 5) is 13.8. The lowest BCUT2D eigenvalue weighted by Crippen LogP contribution is -2.36. The maximum atomic E-state index is 12.3. The fourth-order valence-corrected chi connectivity index (χ4v) is 4.46. The molecule has 128 valence electrons. The third-order valence-electron chi connectivity index (χ3n) is 3.89. The van der Waals surface area contributed by atoms with E-state index in [0.29, 0.717) is 36.4 Å². The van der Waals surface area contributed by atoms with Crippen LogP contribution in [0.15, 0.2) is 24.3 Å². The van der Waals surface area contributed by atoms with E-state index in [-0.39, 0.29) is 17.7 Å². The van der Waals surface area contributed by atoms with Crippen molar-refractivity contribution in [1.82, 2.24) is 9.62 Å². The molecule has 23 heavy (non-hydrogen) atoms. The second-order valence-electron chi connectivity index (χ2n) is 5.91. The van der Waals surface area contributed by atoms with Crippen LogP contribution in [0.5, 0.6) is 0 Å². The van der Waals surface area contributed by atoms with Crippen LogP contribution in [-0.4, -0.2) is 38.4 Å². The van der Waals surface area contributed by atoms with E-state index in [1.807, 2.05) is 11.8 Å². The maximum absolute atomic E-state index is 12.3. The molecule has 1 atom stereocenters. The Kier molecular flexibility index (Phi) is 6.44. The molecule has 0 aromatic heterocycles. The first-order valence-electron chi connectivity index (χ1n) is 7.92. The summed E-state index contributed by atoms with van der Waals surface area (Å²) >= 11 is 5.89. The predicted molar refractivity (Wildman–Crippen MR) is 91.7 cm³/mol. The lowest BCUT2D eigenvalue weighted by Gasteiger charge is -2.20. The van der Waals surface area contributed by atoms with Crippen molar-refractivity contribution < 1.29 is 13.2 Å². The highest BCUT2D eigenvalue weighted by molar-refractivity contribution is 7.88. The standard InChI is InChI=1S/C16H23ClN2O3S/c1-2-9-19-10-8-15(6-7-16(19)20)18-23(21,22)12-13-4-3-5-14(17)11-13/h3-5,11,15,18H,2,6-10,12H2,1H3. The average Bonchev–Trinajstić information content (AvgIpc) is 2.62. The molecule has 1 heterocycles. The number of hydrogen-bond donors (Lipinski definition) is 1. The molecule has 0 bridgehead atoms. The normalized spacial score (nSPS) is 19.7. The molecule has 2 rings (SSSR count). The minimum atomic E-state index is -3.45. The molecule has 1 N–H and O–H groups in total. The maximum Gasteiger partial charge on any atom is 0.222 e. The van der Waals surface area contributed by atoms with E-state index in [1.165, 1.54) is 0 Å². The number of hydrogen-bond acceptors (Lipinski definition) is 3. The number of sulfonamides is 1. The molecule has 0 saturated carbocycles. The van der Waals surface area contributed by atoms with Crippen molar-refractivity contribution in [3.63, 3.8) is 0 Å². The molecule has 0 spiro atoms. The molecule has 1 unspecified atom stereocenters. The van der Waals surface area contributed by atoms with Gasteiger partial charge >= 0.3 is 0 Å². The Morgan fingerprint density at radius 3 is 2.83 bits per heavy atom. The first-order chi connectivity index (χ1) is 10.9. The molecule has 1 fully saturated rings. The van der Waals surface area contributed by atoms with Gasteiger partial charge in [-0.15, -0.1) is 0 Å². The minimum absolute atomic E-state index is 0.101. The zero-order valence-electron chi connectivity index (χ0n) is 13.3. The molecular weight excluding hydrogens is 336 g/mol. The highest BCUT2D eigenvalue weighted by Crippen LogP contribution is 2.16. The molecule has 1 saturated heterocycles. The minimum Gasteiger partial charge on any atom is -0.343 e. The van der Waals surface area contributed by atoms with Crippen molar-refractivity contribution in [2.45, 2.75) is 44.4 Å². The van der Waals surface area contributed by atoms with Gasteiger partial charge in [0.2, 0.25) is 15.9 Å². The van der Waals surface area contributed by atoms with E-state index in [1.54, 1.807) is 24.3 Å². The third-order valence-corrected chi connectivity index (χ3v) is 5.53. The average molecular weight is 359 g/mol. The van der Waals surface area contributed by atoms with Gasteiger partial charge in [-0.3, -0.25) is 4.79 Å². The Balaban J connectivity index is 1.96. The van der Waals surface area contributed by atoms with Crippen LogP contribution in [0.25, 0.3) is 0 Å². The molecule has 1 aromatic rings. The van der Waals surface area contributed by atoms with Crippen LogP contribution >= 0.6 is 11.6 Å². The quantitative estimate of drug-likeness (QED) is 0.849. The molecule has 0 radical (unpaired) electrons. The van der Waals surface area contributed by atoms with Crippen molar-refractivity contribution in [2.24, 2.45) is 0 Å². The lowest BCUT2D eigenvalue weighted by atomic mass is 10.1. The summed E-state index contributed by atoms with van der Waals surface area (Å²) < 4.78 is 27.4. The van der Waals surface area contributed by atoms with Crippen LogP contribution in [0.1, 0.15) is 38.2 Å². The topological polar surface area (TPSA) is 66.5 Å². The number of nitrogens with zero attached hydrogens (tertiary/aromatic N) is 1. The second-order valence-corrected chi connectivity index (χ2v) is 8.10. The number of nitrogens with one attached hydrogen (secondary N) is 1. The van der Waals surface area contributed by atoms with E-state index < -0.39 is 10.0 Å². The van der Waals surface area contributed by atoms with Crippen LogP contribution in [-0.2, 0) is 20.6 Å². The van der Waals surface area contributed by atoms with Crippen molar-refractivity contribution in [3.05, 3.63) is 34.9 Å². The molecular formula is C16H23ClN2O3S. The Hall–Kier alpha value is -1.11. The monoisotopic (exact) mass is 358 g/mol. The summed E-state index contributed by atoms with van der Waals surface area (Å²) in [6, 6.07) is 6.65. The largest absolute Gasteiger partial charge is 0.343 e. The summed E-state index contributed by atoms with van der Waals surface area (Å²) in [5.41, 5.74) is 0.655. The first kappa shape index (κ1) is 18.2. The van der Waals surface area contributed by atoms with Gasteiger partial charge in [0.1, 0.15) is 0 Å². The predicted octanol–water partition coefficient (Wildman–Crippen LogP) is 2.55. The molecule has 7 heteroatoms. The molecule has 1 aliphatic heterocycles. The number of amides is 1. The van der Waals surface area contributed by atoms with Crippen LogP contribution in [0.3, 0.4) is 0 Å². The smallest absolute Gasteiger partial charge is 0.222 e. The van der Waals surface area contributed by atoms with Crippen molar-refractivity contribution >= 4 is 27.5 Å². The fraction of sp³-hybridized carbons (Fsp3) is 0.562. The van der Waals surface area contributed by atoms with Gasteiger partial charge in [-0.05, 0) is 37.0 Å². The number of rotatable bonds is 6. The molecule has 0 aliphatic carbocycles. The Bertz CT molecular complexity index is 648. The Labute approximate surface area is 143 Å². The molecule has 5 nitrogen and oxygen atoms in total. The SMILES string of the molecule is CCCN1CCC(NS(=O)(=O)Cc2cccc(Cl)c2)CCC1=O. The number of halogens is 1. The third kappa shape index (κ3) is 5.79. The van der Waals surface area contributed by atoms with Gasteiger partial charge in [0.25, 0.3) is 0 Å². The Morgan fingerprint density at radius 2 is 2.13 bits per heavy atom. The summed E-state index contributed by atoms with van der Waals surface area (Å²) in [6.45, 7) is 3.38. The lowest BCUT2D eigenvalue weighted by molar-refractivity contribution is -0.130. The van der Waals surface area contributed by atoms with Gasteiger partial charge in [0.15, 0.2) is 0 Å². The van der Waals surface area contributed by atoms with Crippen LogP contribution in [0.2, 0.25) is 5.02 Å². The van der Waals surface area contributed by atoms with Gasteiger partial charge in [-0.2, -0.15) is 0 Å². The zero-order valence-corrected chi connectivity index (χ0v) is 14.9. The number of likely N-dealkylation sites (tertiary alicyclic amines) is 1. The van der Waals surface area contributed by atoms with Gasteiger partial charge < -0.3 is 4.90 Å². The summed E-state index contributed by atoms with van der Waals surface area (Å²) in [6.07, 6.45) is 2.51. The molecule has 1 aliphatic rings. The Morgan fingerprint density at radius 1 is 1.35 bits per heavy atom. The van der Waals surface area contributed by atoms with Crippen LogP contribution < -0.4 is 4.72 Å². The van der Waals surface area contributed by atoms with Gasteiger partial charge in [-0.25, -0.2) is 13.1 Å². The van der Waals surface area contributed by atoms with E-state index in [9.17, 15) is 13.2 Å². The zero-order chi connectivity index (χ0) is 16.9. The van der Waals surface area contributed by atoms with Gasteiger partial charge in [0, 0.05) is 30.6 Å². The second kappa shape index (κ2) is 8.13. The number of carbonyl (C=O) groups excluding carboxylic acids is 1. The number of benzene rings is 1. The van der Waals surface area contributed by atoms with Crippen molar-refractivity contribution in [2.75, 3.05) is 13.1 Å². The molecule has 1 aromatic carbocycles. The molecule has 1 amide bonds. The first-order valence-corrected chi connectivity index (χ1v) is 9.95. The summed E-state index contributed by atoms with van der Waals surface area (Å²) in [5, 5.41) is 0.521. The van der Waals surface area contributed by atoms with E-state index in [2.05, 4.69) is 4.72 Å². The van der Waals surface area contributed by atoms with Crippen molar-refractivity contribution in [1.29, 1.82) is 0 Å². The van der Waals surface area contributed by atoms with Crippen LogP contribution in [0, 0.1) is 0 Å². The van der Waals surface area contributed by atoms with Crippen molar-refractivity contribution in [3.8, 4) is 0 Å². The van der Waals surface area contributed by atoms with E-state index >= 15 is 0 Å². The van der Waals surface area contributed by atoms with Gasteiger partial charge in [-0.1, -0.05) is 30.7 Å². The number of carbonyl (C=O) groups is 1. The summed E-state index contributed by atoms with van der Waals surface area (Å²) in [5.74, 6) is 0.0137. The van der Waals surface area contributed by atoms with E-state index in [0.717, 1.165) is 13.0 Å². The fourth-order valence-electron chi connectivity index (χ4n) is 2.80. The summed E-state index contributed by atoms with van der Waals surface area (Å²) in [7, 11) is -3.45. The highest BCUT2D eigenvalue weighted by atomic mass is 35.5. The highest BCUT2D eigenvalue weighted by Gasteiger charge is 2.25. The van der Waals surface area contributed by atoms with E-state index in [4.69, 9.17) is 11.6 Å². The van der Waals surface area contributed by atoms with Crippen LogP contribution in [0.4, 0.5) is 0 Å². The van der Waals surface area contributed by atoms with Gasteiger partial charge in [0.05, 0.1) is 5.75 Å².